The van der Waals surface area contributed by atoms with E-state index in [2.05, 4.69) is 10.3 Å². The lowest BCUT2D eigenvalue weighted by Crippen LogP contribution is -2.41. The number of rotatable bonds is 3. The molecule has 18 heavy (non-hydrogen) atoms. The van der Waals surface area contributed by atoms with Crippen molar-refractivity contribution in [3.8, 4) is 0 Å². The Labute approximate surface area is 106 Å². The van der Waals surface area contributed by atoms with Crippen LogP contribution in [-0.4, -0.2) is 29.6 Å². The molecule has 2 atom stereocenters. The van der Waals surface area contributed by atoms with E-state index in [9.17, 15) is 4.79 Å². The van der Waals surface area contributed by atoms with Crippen LogP contribution in [0.1, 0.15) is 29.6 Å². The van der Waals surface area contributed by atoms with Gasteiger partial charge >= 0.3 is 0 Å². The van der Waals surface area contributed by atoms with E-state index >= 15 is 0 Å². The first-order valence-corrected chi connectivity index (χ1v) is 6.37. The summed E-state index contributed by atoms with van der Waals surface area (Å²) in [6, 6.07) is 1.77. The summed E-state index contributed by atoms with van der Waals surface area (Å²) in [5, 5.41) is 3.04. The van der Waals surface area contributed by atoms with Gasteiger partial charge in [-0.25, -0.2) is 0 Å². The van der Waals surface area contributed by atoms with Crippen molar-refractivity contribution in [2.45, 2.75) is 31.4 Å². The second-order valence-electron chi connectivity index (χ2n) is 5.00. The van der Waals surface area contributed by atoms with Crippen molar-refractivity contribution in [3.05, 3.63) is 24.0 Å². The molecule has 1 saturated heterocycles. The SMILES string of the molecule is Nc1cnccc1C(=O)NC1CCOC1C1CC1. The summed E-state index contributed by atoms with van der Waals surface area (Å²) >= 11 is 0. The molecular formula is C13H17N3O2. The lowest BCUT2D eigenvalue weighted by molar-refractivity contribution is 0.0730. The van der Waals surface area contributed by atoms with E-state index in [1.165, 1.54) is 19.0 Å². The van der Waals surface area contributed by atoms with Crippen LogP contribution in [-0.2, 0) is 4.74 Å². The second kappa shape index (κ2) is 4.57. The molecule has 1 amide bonds. The molecule has 3 rings (SSSR count). The Kier molecular flexibility index (Phi) is 2.91. The van der Waals surface area contributed by atoms with E-state index in [1.54, 1.807) is 12.3 Å². The lowest BCUT2D eigenvalue weighted by Gasteiger charge is -2.19. The van der Waals surface area contributed by atoms with Gasteiger partial charge in [0, 0.05) is 12.8 Å². The number of anilines is 1. The largest absolute Gasteiger partial charge is 0.397 e. The molecule has 2 heterocycles. The first kappa shape index (κ1) is 11.5. The van der Waals surface area contributed by atoms with E-state index < -0.39 is 0 Å². The third-order valence-corrected chi connectivity index (χ3v) is 3.64. The van der Waals surface area contributed by atoms with Crippen LogP contribution in [0.25, 0.3) is 0 Å². The third-order valence-electron chi connectivity index (χ3n) is 3.64. The Morgan fingerprint density at radius 1 is 1.44 bits per heavy atom. The molecule has 2 fully saturated rings. The van der Waals surface area contributed by atoms with Crippen molar-refractivity contribution in [2.75, 3.05) is 12.3 Å². The van der Waals surface area contributed by atoms with Crippen LogP contribution in [0.5, 0.6) is 0 Å². The van der Waals surface area contributed by atoms with Gasteiger partial charge in [-0.1, -0.05) is 0 Å². The molecule has 1 aliphatic carbocycles. The fourth-order valence-electron chi connectivity index (χ4n) is 2.51. The number of carbonyl (C=O) groups excluding carboxylic acids is 1. The summed E-state index contributed by atoms with van der Waals surface area (Å²) in [7, 11) is 0. The summed E-state index contributed by atoms with van der Waals surface area (Å²) in [4.78, 5) is 16.0. The van der Waals surface area contributed by atoms with Gasteiger partial charge in [0.25, 0.3) is 5.91 Å². The van der Waals surface area contributed by atoms with Crippen molar-refractivity contribution in [1.29, 1.82) is 0 Å². The summed E-state index contributed by atoms with van der Waals surface area (Å²) in [5.74, 6) is 0.503. The highest BCUT2D eigenvalue weighted by Gasteiger charge is 2.41. The number of nitrogens with one attached hydrogen (secondary N) is 1. The number of pyridine rings is 1. The minimum Gasteiger partial charge on any atom is -0.397 e. The van der Waals surface area contributed by atoms with Crippen LogP contribution in [0.2, 0.25) is 0 Å². The molecule has 1 aliphatic heterocycles. The molecule has 0 spiro atoms. The minimum atomic E-state index is -0.129. The van der Waals surface area contributed by atoms with Crippen LogP contribution in [0.3, 0.4) is 0 Å². The van der Waals surface area contributed by atoms with Gasteiger partial charge in [0.2, 0.25) is 0 Å². The molecule has 3 N–H and O–H groups in total. The first-order valence-electron chi connectivity index (χ1n) is 6.37. The lowest BCUT2D eigenvalue weighted by atomic mass is 10.1. The van der Waals surface area contributed by atoms with E-state index in [-0.39, 0.29) is 18.1 Å². The van der Waals surface area contributed by atoms with Crippen LogP contribution in [0.15, 0.2) is 18.5 Å². The predicted molar refractivity (Wildman–Crippen MR) is 67.0 cm³/mol. The molecule has 1 aromatic heterocycles. The van der Waals surface area contributed by atoms with Crippen LogP contribution in [0, 0.1) is 5.92 Å². The summed E-state index contributed by atoms with van der Waals surface area (Å²) in [6.07, 6.45) is 6.59. The van der Waals surface area contributed by atoms with Gasteiger partial charge in [-0.3, -0.25) is 9.78 Å². The Morgan fingerprint density at radius 2 is 2.28 bits per heavy atom. The van der Waals surface area contributed by atoms with Gasteiger partial charge in [-0.05, 0) is 31.2 Å². The molecule has 1 saturated carbocycles. The smallest absolute Gasteiger partial charge is 0.253 e. The van der Waals surface area contributed by atoms with Gasteiger partial charge in [0.05, 0.1) is 29.6 Å². The van der Waals surface area contributed by atoms with Gasteiger partial charge < -0.3 is 15.8 Å². The molecule has 1 aromatic rings. The van der Waals surface area contributed by atoms with Crippen LogP contribution < -0.4 is 11.1 Å². The van der Waals surface area contributed by atoms with Gasteiger partial charge in [-0.2, -0.15) is 0 Å². The summed E-state index contributed by atoms with van der Waals surface area (Å²) < 4.78 is 5.70. The zero-order valence-corrected chi connectivity index (χ0v) is 10.1. The van der Waals surface area contributed by atoms with Gasteiger partial charge in [0.1, 0.15) is 0 Å². The number of ether oxygens (including phenoxy) is 1. The Hall–Kier alpha value is -1.62. The molecule has 96 valence electrons. The quantitative estimate of drug-likeness (QED) is 0.834. The summed E-state index contributed by atoms with van der Waals surface area (Å²) in [5.41, 5.74) is 6.65. The van der Waals surface area contributed by atoms with Gasteiger partial charge in [0.15, 0.2) is 0 Å². The number of aromatic nitrogens is 1. The maximum atomic E-state index is 12.1. The van der Waals surface area contributed by atoms with Crippen LogP contribution >= 0.6 is 0 Å². The molecule has 0 radical (unpaired) electrons. The predicted octanol–water partition coefficient (Wildman–Crippen LogP) is 0.961. The van der Waals surface area contributed by atoms with Crippen molar-refractivity contribution in [1.82, 2.24) is 10.3 Å². The Morgan fingerprint density at radius 3 is 3.00 bits per heavy atom. The molecule has 2 unspecified atom stereocenters. The van der Waals surface area contributed by atoms with Crippen molar-refractivity contribution in [3.63, 3.8) is 0 Å². The fourth-order valence-corrected chi connectivity index (χ4v) is 2.51. The number of hydrogen-bond donors (Lipinski definition) is 2. The van der Waals surface area contributed by atoms with Crippen molar-refractivity contribution < 1.29 is 9.53 Å². The maximum absolute atomic E-state index is 12.1. The normalized spacial score (nSPS) is 27.1. The minimum absolute atomic E-state index is 0.123. The molecule has 5 nitrogen and oxygen atoms in total. The highest BCUT2D eigenvalue weighted by molar-refractivity contribution is 5.99. The van der Waals surface area contributed by atoms with Crippen molar-refractivity contribution in [2.24, 2.45) is 5.92 Å². The molecule has 0 aromatic carbocycles. The van der Waals surface area contributed by atoms with E-state index in [0.29, 0.717) is 17.2 Å². The average Bonchev–Trinajstić information content (AvgIpc) is 3.11. The maximum Gasteiger partial charge on any atom is 0.253 e. The van der Waals surface area contributed by atoms with Gasteiger partial charge in [-0.15, -0.1) is 0 Å². The van der Waals surface area contributed by atoms with Crippen molar-refractivity contribution >= 4 is 11.6 Å². The molecule has 0 bridgehead atoms. The zero-order valence-electron chi connectivity index (χ0n) is 10.1. The first-order chi connectivity index (χ1) is 8.75. The number of nitrogens with two attached hydrogens (primary N) is 1. The number of nitrogen functional groups attached to an aromatic ring is 1. The topological polar surface area (TPSA) is 77.2 Å². The van der Waals surface area contributed by atoms with E-state index in [4.69, 9.17) is 10.5 Å². The number of amides is 1. The Bertz CT molecular complexity index is 459. The average molecular weight is 247 g/mol. The summed E-state index contributed by atoms with van der Waals surface area (Å²) in [6.45, 7) is 0.734. The van der Waals surface area contributed by atoms with E-state index in [0.717, 1.165) is 13.0 Å². The molecule has 5 heteroatoms. The highest BCUT2D eigenvalue weighted by atomic mass is 16.5. The second-order valence-corrected chi connectivity index (χ2v) is 5.00. The number of carbonyl (C=O) groups is 1. The Balaban J connectivity index is 1.69. The number of nitrogens with zero attached hydrogens (tertiary/aromatic N) is 1. The monoisotopic (exact) mass is 247 g/mol. The zero-order chi connectivity index (χ0) is 12.5. The third kappa shape index (κ3) is 2.18. The fraction of sp³-hybridized carbons (Fsp3) is 0.538. The van der Waals surface area contributed by atoms with E-state index in [1.807, 2.05) is 0 Å². The standard InChI is InChI=1S/C13H17N3O2/c14-10-7-15-5-3-9(10)13(17)16-11-4-6-18-12(11)8-1-2-8/h3,5,7-8,11-12H,1-2,4,6,14H2,(H,16,17). The highest BCUT2D eigenvalue weighted by Crippen LogP contribution is 2.38. The molecule has 2 aliphatic rings. The van der Waals surface area contributed by atoms with Crippen LogP contribution in [0.4, 0.5) is 5.69 Å². The molecular weight excluding hydrogens is 230 g/mol. The number of hydrogen-bond acceptors (Lipinski definition) is 4.